The minimum absolute atomic E-state index is 0.500. The van der Waals surface area contributed by atoms with Gasteiger partial charge in [-0.25, -0.2) is 4.79 Å². The Bertz CT molecular complexity index is 296. The van der Waals surface area contributed by atoms with Crippen molar-refractivity contribution in [1.29, 1.82) is 0 Å². The second kappa shape index (κ2) is 4.96. The first kappa shape index (κ1) is 10.2. The maximum Gasteiger partial charge on any atom is 0.312 e. The summed E-state index contributed by atoms with van der Waals surface area (Å²) in [6, 6.07) is 6.86. The summed E-state index contributed by atoms with van der Waals surface area (Å²) >= 11 is 0. The van der Waals surface area contributed by atoms with E-state index >= 15 is 0 Å². The van der Waals surface area contributed by atoms with Gasteiger partial charge < -0.3 is 22.1 Å². The number of primary amides is 1. The normalized spacial score (nSPS) is 9.43. The van der Waals surface area contributed by atoms with Crippen LogP contribution >= 0.6 is 0 Å². The predicted molar refractivity (Wildman–Crippen MR) is 56.9 cm³/mol. The van der Waals surface area contributed by atoms with Gasteiger partial charge in [0, 0.05) is 24.5 Å². The molecule has 0 unspecified atom stereocenters. The van der Waals surface area contributed by atoms with Crippen molar-refractivity contribution in [1.82, 2.24) is 5.32 Å². The van der Waals surface area contributed by atoms with Crippen molar-refractivity contribution in [2.75, 3.05) is 24.1 Å². The topological polar surface area (TPSA) is 93.2 Å². The number of amides is 2. The van der Waals surface area contributed by atoms with Crippen molar-refractivity contribution in [3.63, 3.8) is 0 Å². The molecule has 0 aliphatic rings. The van der Waals surface area contributed by atoms with Crippen molar-refractivity contribution in [3.05, 3.63) is 24.3 Å². The van der Waals surface area contributed by atoms with Gasteiger partial charge in [-0.2, -0.15) is 0 Å². The van der Waals surface area contributed by atoms with E-state index in [1.54, 1.807) is 0 Å². The average Bonchev–Trinajstić information content (AvgIpc) is 2.15. The average molecular weight is 194 g/mol. The Kier molecular flexibility index (Phi) is 3.60. The Hall–Kier alpha value is -1.91. The number of benzene rings is 1. The van der Waals surface area contributed by atoms with Gasteiger partial charge in [0.15, 0.2) is 0 Å². The molecular weight excluding hydrogens is 180 g/mol. The summed E-state index contributed by atoms with van der Waals surface area (Å²) in [6.45, 7) is 1.13. The van der Waals surface area contributed by atoms with Crippen molar-refractivity contribution in [2.24, 2.45) is 5.73 Å². The lowest BCUT2D eigenvalue weighted by Gasteiger charge is -2.06. The van der Waals surface area contributed by atoms with Crippen LogP contribution in [0.2, 0.25) is 0 Å². The van der Waals surface area contributed by atoms with Crippen LogP contribution in [-0.2, 0) is 0 Å². The van der Waals surface area contributed by atoms with Crippen LogP contribution in [0.25, 0.3) is 0 Å². The first-order chi connectivity index (χ1) is 6.68. The molecule has 6 N–H and O–H groups in total. The summed E-state index contributed by atoms with van der Waals surface area (Å²) in [6.07, 6.45) is 0. The number of rotatable bonds is 4. The number of carbonyl (C=O) groups excluding carboxylic acids is 1. The van der Waals surface area contributed by atoms with E-state index in [-0.39, 0.29) is 0 Å². The summed E-state index contributed by atoms with van der Waals surface area (Å²) in [7, 11) is 0. The first-order valence-electron chi connectivity index (χ1n) is 4.31. The van der Waals surface area contributed by atoms with E-state index in [0.717, 1.165) is 11.4 Å². The Labute approximate surface area is 82.5 Å². The fourth-order valence-corrected chi connectivity index (χ4v) is 0.994. The van der Waals surface area contributed by atoms with Gasteiger partial charge >= 0.3 is 6.03 Å². The molecule has 0 bridgehead atoms. The lowest BCUT2D eigenvalue weighted by Crippen LogP contribution is -2.33. The van der Waals surface area contributed by atoms with E-state index in [4.69, 9.17) is 11.5 Å². The molecule has 1 aromatic rings. The Morgan fingerprint density at radius 3 is 2.43 bits per heavy atom. The zero-order valence-corrected chi connectivity index (χ0v) is 7.79. The molecule has 0 aliphatic carbocycles. The number of nitrogen functional groups attached to an aromatic ring is 1. The minimum Gasteiger partial charge on any atom is -0.399 e. The molecule has 14 heavy (non-hydrogen) atoms. The second-order valence-electron chi connectivity index (χ2n) is 2.84. The predicted octanol–water partition coefficient (Wildman–Crippen LogP) is 0.349. The molecule has 0 spiro atoms. The zero-order chi connectivity index (χ0) is 10.4. The van der Waals surface area contributed by atoms with E-state index in [9.17, 15) is 4.79 Å². The Morgan fingerprint density at radius 1 is 1.21 bits per heavy atom. The first-order valence-corrected chi connectivity index (χ1v) is 4.31. The summed E-state index contributed by atoms with van der Waals surface area (Å²) < 4.78 is 0. The van der Waals surface area contributed by atoms with Gasteiger partial charge in [0.2, 0.25) is 0 Å². The van der Waals surface area contributed by atoms with E-state index < -0.39 is 6.03 Å². The molecule has 0 heterocycles. The number of carbonyl (C=O) groups is 1. The monoisotopic (exact) mass is 194 g/mol. The number of hydrogen-bond donors (Lipinski definition) is 4. The molecule has 0 fully saturated rings. The highest BCUT2D eigenvalue weighted by molar-refractivity contribution is 5.71. The summed E-state index contributed by atoms with van der Waals surface area (Å²) in [5.74, 6) is 0. The molecule has 5 nitrogen and oxygen atoms in total. The van der Waals surface area contributed by atoms with Gasteiger partial charge in [-0.3, -0.25) is 0 Å². The third-order valence-electron chi connectivity index (χ3n) is 1.66. The lowest BCUT2D eigenvalue weighted by atomic mass is 10.3. The molecule has 5 heteroatoms. The number of hydrogen-bond acceptors (Lipinski definition) is 3. The highest BCUT2D eigenvalue weighted by Gasteiger charge is 1.92. The third kappa shape index (κ3) is 3.66. The fourth-order valence-electron chi connectivity index (χ4n) is 0.994. The second-order valence-corrected chi connectivity index (χ2v) is 2.84. The molecule has 1 aromatic carbocycles. The van der Waals surface area contributed by atoms with E-state index in [0.29, 0.717) is 13.1 Å². The lowest BCUT2D eigenvalue weighted by molar-refractivity contribution is 0.249. The number of nitrogens with two attached hydrogens (primary N) is 2. The number of urea groups is 1. The van der Waals surface area contributed by atoms with Crippen molar-refractivity contribution in [2.45, 2.75) is 0 Å². The van der Waals surface area contributed by atoms with Gasteiger partial charge in [-0.15, -0.1) is 0 Å². The minimum atomic E-state index is -0.510. The summed E-state index contributed by atoms with van der Waals surface area (Å²) in [5, 5.41) is 5.58. The van der Waals surface area contributed by atoms with Gasteiger partial charge in [-0.1, -0.05) is 0 Å². The van der Waals surface area contributed by atoms with E-state index in [2.05, 4.69) is 10.6 Å². The van der Waals surface area contributed by atoms with Crippen molar-refractivity contribution < 1.29 is 4.79 Å². The SMILES string of the molecule is NC(=O)NCCNc1ccc(N)cc1. The van der Waals surface area contributed by atoms with Gasteiger partial charge in [0.1, 0.15) is 0 Å². The van der Waals surface area contributed by atoms with Crippen LogP contribution in [0.4, 0.5) is 16.2 Å². The van der Waals surface area contributed by atoms with Crippen LogP contribution in [-0.4, -0.2) is 19.1 Å². The molecule has 0 saturated heterocycles. The third-order valence-corrected chi connectivity index (χ3v) is 1.66. The quantitative estimate of drug-likeness (QED) is 0.411. The molecule has 0 aliphatic heterocycles. The molecule has 2 amide bonds. The molecule has 0 atom stereocenters. The van der Waals surface area contributed by atoms with E-state index in [1.165, 1.54) is 0 Å². The van der Waals surface area contributed by atoms with Crippen molar-refractivity contribution >= 4 is 17.4 Å². The molecule has 0 saturated carbocycles. The maximum absolute atomic E-state index is 10.3. The van der Waals surface area contributed by atoms with Gasteiger partial charge in [0.05, 0.1) is 0 Å². The van der Waals surface area contributed by atoms with Crippen LogP contribution in [0.5, 0.6) is 0 Å². The summed E-state index contributed by atoms with van der Waals surface area (Å²) in [5.41, 5.74) is 12.1. The van der Waals surface area contributed by atoms with E-state index in [1.807, 2.05) is 24.3 Å². The standard InChI is InChI=1S/C9H14N4O/c10-7-1-3-8(4-2-7)12-5-6-13-9(11)14/h1-4,12H,5-6,10H2,(H3,11,13,14). The highest BCUT2D eigenvalue weighted by atomic mass is 16.2. The van der Waals surface area contributed by atoms with Crippen LogP contribution in [0, 0.1) is 0 Å². The fraction of sp³-hybridized carbons (Fsp3) is 0.222. The number of nitrogens with one attached hydrogen (secondary N) is 2. The van der Waals surface area contributed by atoms with Gasteiger partial charge in [0.25, 0.3) is 0 Å². The maximum atomic E-state index is 10.3. The van der Waals surface area contributed by atoms with Crippen LogP contribution in [0.3, 0.4) is 0 Å². The van der Waals surface area contributed by atoms with Crippen LogP contribution in [0.15, 0.2) is 24.3 Å². The number of anilines is 2. The largest absolute Gasteiger partial charge is 0.399 e. The highest BCUT2D eigenvalue weighted by Crippen LogP contribution is 2.09. The van der Waals surface area contributed by atoms with Crippen molar-refractivity contribution in [3.8, 4) is 0 Å². The molecule has 1 rings (SSSR count). The zero-order valence-electron chi connectivity index (χ0n) is 7.79. The smallest absolute Gasteiger partial charge is 0.312 e. The van der Waals surface area contributed by atoms with Crippen LogP contribution in [0.1, 0.15) is 0 Å². The summed E-state index contributed by atoms with van der Waals surface area (Å²) in [4.78, 5) is 10.3. The van der Waals surface area contributed by atoms with Crippen LogP contribution < -0.4 is 22.1 Å². The molecular formula is C9H14N4O. The Balaban J connectivity index is 2.25. The molecule has 0 aromatic heterocycles. The van der Waals surface area contributed by atoms with Gasteiger partial charge in [-0.05, 0) is 24.3 Å². The molecule has 0 radical (unpaired) electrons. The Morgan fingerprint density at radius 2 is 1.86 bits per heavy atom. The molecule has 76 valence electrons.